The normalized spacial score (nSPS) is 14.1. The first kappa shape index (κ1) is 104. The molecule has 0 aliphatic heterocycles. The molecule has 19 heteroatoms. The summed E-state index contributed by atoms with van der Waals surface area (Å²) in [5, 5.41) is 10.6. The third-order valence-corrected chi connectivity index (χ3v) is 22.7. The third kappa shape index (κ3) is 78.7. The van der Waals surface area contributed by atoms with Gasteiger partial charge in [-0.05, 0) is 37.5 Å². The van der Waals surface area contributed by atoms with Gasteiger partial charge in [-0.2, -0.15) is 0 Å². The number of aliphatic hydroxyl groups is 1. The molecule has 0 aliphatic rings. The molecule has 3 N–H and O–H groups in total. The number of carbonyl (C=O) groups excluding carboxylic acids is 4. The Kier molecular flexibility index (Phi) is 76.9. The Balaban J connectivity index is 5.10. The van der Waals surface area contributed by atoms with E-state index in [1.165, 1.54) is 276 Å². The fourth-order valence-electron chi connectivity index (χ4n) is 13.6. The molecule has 17 nitrogen and oxygen atoms in total. The second-order valence-corrected chi connectivity index (χ2v) is 34.9. The lowest BCUT2D eigenvalue weighted by Gasteiger charge is -2.21. The van der Waals surface area contributed by atoms with Crippen LogP contribution < -0.4 is 0 Å². The van der Waals surface area contributed by atoms with Crippen molar-refractivity contribution < 1.29 is 80.2 Å². The molecule has 0 heterocycles. The zero-order valence-electron chi connectivity index (χ0n) is 69.7. The van der Waals surface area contributed by atoms with E-state index in [4.69, 9.17) is 37.0 Å². The van der Waals surface area contributed by atoms with Gasteiger partial charge < -0.3 is 33.8 Å². The van der Waals surface area contributed by atoms with E-state index in [1.54, 1.807) is 0 Å². The van der Waals surface area contributed by atoms with E-state index in [0.29, 0.717) is 25.7 Å². The van der Waals surface area contributed by atoms with Crippen molar-refractivity contribution in [3.05, 3.63) is 0 Å². The number of aliphatic hydroxyl groups excluding tert-OH is 1. The summed E-state index contributed by atoms with van der Waals surface area (Å²) in [6, 6.07) is 0. The Morgan fingerprint density at radius 1 is 0.274 bits per heavy atom. The summed E-state index contributed by atoms with van der Waals surface area (Å²) in [7, 11) is -9.92. The molecule has 106 heavy (non-hydrogen) atoms. The number of hydrogen-bond acceptors (Lipinski definition) is 15. The van der Waals surface area contributed by atoms with Crippen LogP contribution in [0.1, 0.15) is 465 Å². The molecule has 0 saturated carbocycles. The van der Waals surface area contributed by atoms with Gasteiger partial charge in [-0.3, -0.25) is 37.3 Å². The highest BCUT2D eigenvalue weighted by atomic mass is 31.2. The van der Waals surface area contributed by atoms with Crippen LogP contribution in [0.25, 0.3) is 0 Å². The topological polar surface area (TPSA) is 237 Å². The second kappa shape index (κ2) is 78.3. The van der Waals surface area contributed by atoms with Crippen molar-refractivity contribution in [1.29, 1.82) is 0 Å². The van der Waals surface area contributed by atoms with Crippen LogP contribution in [0.15, 0.2) is 0 Å². The molecule has 6 atom stereocenters. The molecular weight excluding hydrogens is 1380 g/mol. The summed E-state index contributed by atoms with van der Waals surface area (Å²) >= 11 is 0. The average molecular weight is 1550 g/mol. The highest BCUT2D eigenvalue weighted by Gasteiger charge is 2.30. The van der Waals surface area contributed by atoms with E-state index < -0.39 is 97.5 Å². The quantitative estimate of drug-likeness (QED) is 0.0222. The summed E-state index contributed by atoms with van der Waals surface area (Å²) in [6.07, 6.45) is 71.4. The van der Waals surface area contributed by atoms with Gasteiger partial charge in [0.2, 0.25) is 0 Å². The fraction of sp³-hybridized carbons (Fsp3) is 0.954. The van der Waals surface area contributed by atoms with Crippen molar-refractivity contribution in [3.8, 4) is 0 Å². The highest BCUT2D eigenvalue weighted by molar-refractivity contribution is 7.47. The van der Waals surface area contributed by atoms with Crippen LogP contribution >= 0.6 is 15.6 Å². The van der Waals surface area contributed by atoms with Gasteiger partial charge in [-0.25, -0.2) is 9.13 Å². The number of phosphoric acid groups is 2. The predicted octanol–water partition coefficient (Wildman–Crippen LogP) is 26.6. The van der Waals surface area contributed by atoms with E-state index in [-0.39, 0.29) is 25.7 Å². The number of ether oxygens (including phenoxy) is 4. The first-order valence-electron chi connectivity index (χ1n) is 45.0. The smallest absolute Gasteiger partial charge is 0.462 e. The largest absolute Gasteiger partial charge is 0.472 e. The van der Waals surface area contributed by atoms with Crippen LogP contribution in [-0.2, 0) is 65.4 Å². The molecule has 3 unspecified atom stereocenters. The maximum Gasteiger partial charge on any atom is 0.472 e. The first-order valence-corrected chi connectivity index (χ1v) is 48.0. The number of phosphoric ester groups is 2. The molecule has 0 aromatic carbocycles. The van der Waals surface area contributed by atoms with Gasteiger partial charge in [0.1, 0.15) is 19.3 Å². The Morgan fingerprint density at radius 2 is 0.481 bits per heavy atom. The van der Waals surface area contributed by atoms with Crippen LogP contribution in [-0.4, -0.2) is 96.7 Å². The molecule has 630 valence electrons. The van der Waals surface area contributed by atoms with Crippen LogP contribution in [0.3, 0.4) is 0 Å². The lowest BCUT2D eigenvalue weighted by molar-refractivity contribution is -0.161. The number of carbonyl (C=O) groups is 4. The van der Waals surface area contributed by atoms with Gasteiger partial charge in [0.15, 0.2) is 12.2 Å². The van der Waals surface area contributed by atoms with Gasteiger partial charge in [-0.15, -0.1) is 0 Å². The number of unbranched alkanes of at least 4 members (excludes halogenated alkanes) is 55. The SMILES string of the molecule is CCCCCCCCCCCCCCCCCCCCCCCCC(=O)O[C@H](COC(=O)CCCCCCCCCCCCCCCCCCCCC(C)C)COP(=O)(O)OC[C@@H](O)COP(=O)(O)OC[C@@H](COC(=O)CCCCCCC)OC(=O)CCCCCCCCCCCCCCCCC(C)CC. The minimum absolute atomic E-state index is 0.107. The van der Waals surface area contributed by atoms with Crippen molar-refractivity contribution in [2.75, 3.05) is 39.6 Å². The fourth-order valence-corrected chi connectivity index (χ4v) is 15.1. The van der Waals surface area contributed by atoms with Gasteiger partial charge in [-0.1, -0.05) is 414 Å². The standard InChI is InChI=1S/C87H170O17P2/c1-7-10-12-14-15-16-17-18-19-20-21-22-23-24-29-32-38-43-48-53-59-66-72-87(92)104-83(76-98-85(90)70-64-58-52-47-42-37-31-28-26-25-27-30-35-40-45-50-56-61-67-79(4)5)78-102-106(95,96)100-74-81(88)73-99-105(93,94)101-77-82(75-97-84(89)69-63-55-13-11-8-2)103-86(91)71-65-60-54-49-44-39-34-33-36-41-46-51-57-62-68-80(6)9-3/h79-83,88H,7-78H2,1-6H3,(H,93,94)(H,95,96)/t80?,81-,82+,83+/m0/s1. The molecule has 0 bridgehead atoms. The Bertz CT molecular complexity index is 2030. The monoisotopic (exact) mass is 1550 g/mol. The highest BCUT2D eigenvalue weighted by Crippen LogP contribution is 2.45. The zero-order valence-corrected chi connectivity index (χ0v) is 71.5. The Hall–Kier alpha value is -1.94. The maximum atomic E-state index is 13.1. The van der Waals surface area contributed by atoms with Gasteiger partial charge >= 0.3 is 39.5 Å². The first-order chi connectivity index (χ1) is 51.4. The zero-order chi connectivity index (χ0) is 77.8. The lowest BCUT2D eigenvalue weighted by Crippen LogP contribution is -2.30. The van der Waals surface area contributed by atoms with Crippen molar-refractivity contribution in [1.82, 2.24) is 0 Å². The maximum absolute atomic E-state index is 13.1. The third-order valence-electron chi connectivity index (χ3n) is 20.8. The molecule has 0 saturated heterocycles. The van der Waals surface area contributed by atoms with Crippen molar-refractivity contribution in [2.24, 2.45) is 11.8 Å². The molecule has 0 amide bonds. The van der Waals surface area contributed by atoms with E-state index in [9.17, 15) is 43.2 Å². The summed E-state index contributed by atoms with van der Waals surface area (Å²) in [5.41, 5.74) is 0. The van der Waals surface area contributed by atoms with Gasteiger partial charge in [0.05, 0.1) is 26.4 Å². The van der Waals surface area contributed by atoms with E-state index in [0.717, 1.165) is 108 Å². The van der Waals surface area contributed by atoms with Gasteiger partial charge in [0.25, 0.3) is 0 Å². The van der Waals surface area contributed by atoms with Crippen LogP contribution in [0.2, 0.25) is 0 Å². The van der Waals surface area contributed by atoms with E-state index in [2.05, 4.69) is 41.5 Å². The number of hydrogen-bond donors (Lipinski definition) is 3. The molecule has 0 aliphatic carbocycles. The summed E-state index contributed by atoms with van der Waals surface area (Å²) in [6.45, 7) is 9.67. The molecule has 0 aromatic rings. The average Bonchev–Trinajstić information content (AvgIpc) is 0.905. The van der Waals surface area contributed by atoms with Crippen molar-refractivity contribution in [2.45, 2.75) is 484 Å². The molecule has 0 spiro atoms. The second-order valence-electron chi connectivity index (χ2n) is 32.0. The molecule has 0 fully saturated rings. The van der Waals surface area contributed by atoms with Crippen LogP contribution in [0, 0.1) is 11.8 Å². The molecule has 0 rings (SSSR count). The summed E-state index contributed by atoms with van der Waals surface area (Å²) in [5.74, 6) is -0.445. The lowest BCUT2D eigenvalue weighted by atomic mass is 9.99. The van der Waals surface area contributed by atoms with E-state index in [1.807, 2.05) is 0 Å². The Morgan fingerprint density at radius 3 is 0.717 bits per heavy atom. The molecule has 0 aromatic heterocycles. The summed E-state index contributed by atoms with van der Waals surface area (Å²) < 4.78 is 68.7. The van der Waals surface area contributed by atoms with Crippen molar-refractivity contribution >= 4 is 39.5 Å². The molecular formula is C87H170O17P2. The predicted molar refractivity (Wildman–Crippen MR) is 437 cm³/mol. The van der Waals surface area contributed by atoms with Crippen molar-refractivity contribution in [3.63, 3.8) is 0 Å². The number of esters is 4. The van der Waals surface area contributed by atoms with Gasteiger partial charge in [0, 0.05) is 25.7 Å². The molecule has 0 radical (unpaired) electrons. The van der Waals surface area contributed by atoms with Crippen LogP contribution in [0.4, 0.5) is 0 Å². The number of rotatable bonds is 86. The van der Waals surface area contributed by atoms with E-state index >= 15 is 0 Å². The Labute approximate surface area is 651 Å². The summed E-state index contributed by atoms with van der Waals surface area (Å²) in [4.78, 5) is 72.9. The minimum atomic E-state index is -4.96. The van der Waals surface area contributed by atoms with Crippen LogP contribution in [0.5, 0.6) is 0 Å². The minimum Gasteiger partial charge on any atom is -0.462 e.